The summed E-state index contributed by atoms with van der Waals surface area (Å²) in [7, 11) is 0. The maximum absolute atomic E-state index is 14.0. The maximum Gasteiger partial charge on any atom is 0.129 e. The number of nitrogens with zero attached hydrogens (tertiary/aromatic N) is 1. The molecule has 4 nitrogen and oxygen atoms in total. The van der Waals surface area contributed by atoms with Crippen LogP contribution in [0.15, 0.2) is 48.5 Å². The molecule has 1 heterocycles. The minimum atomic E-state index is -1.13. The van der Waals surface area contributed by atoms with Crippen LogP contribution in [0.25, 0.3) is 0 Å². The molecule has 0 amide bonds. The van der Waals surface area contributed by atoms with Crippen molar-refractivity contribution in [3.8, 4) is 5.75 Å². The third kappa shape index (κ3) is 4.23. The fourth-order valence-electron chi connectivity index (χ4n) is 3.52. The molecule has 1 fully saturated rings. The van der Waals surface area contributed by atoms with Crippen LogP contribution in [0.1, 0.15) is 37.0 Å². The Morgan fingerprint density at radius 3 is 2.38 bits per heavy atom. The normalized spacial score (nSPS) is 18.5. The van der Waals surface area contributed by atoms with Gasteiger partial charge >= 0.3 is 0 Å². The van der Waals surface area contributed by atoms with Crippen molar-refractivity contribution < 1.29 is 19.3 Å². The molecule has 1 atom stereocenters. The number of aliphatic hydroxyl groups is 2. The second-order valence-corrected chi connectivity index (χ2v) is 6.83. The van der Waals surface area contributed by atoms with Crippen molar-refractivity contribution in [2.45, 2.75) is 31.5 Å². The Morgan fingerprint density at radius 2 is 1.77 bits per heavy atom. The molecule has 1 aliphatic heterocycles. The van der Waals surface area contributed by atoms with Gasteiger partial charge in [0.05, 0.1) is 18.3 Å². The van der Waals surface area contributed by atoms with Crippen LogP contribution in [-0.2, 0) is 5.60 Å². The summed E-state index contributed by atoms with van der Waals surface area (Å²) in [6.07, 6.45) is 0.291. The molecule has 0 spiro atoms. The number of hydrogen-bond acceptors (Lipinski definition) is 4. The number of rotatable bonds is 6. The minimum Gasteiger partial charge on any atom is -0.494 e. The largest absolute Gasteiger partial charge is 0.494 e. The highest BCUT2D eigenvalue weighted by Crippen LogP contribution is 2.34. The van der Waals surface area contributed by atoms with Gasteiger partial charge in [0.15, 0.2) is 0 Å². The van der Waals surface area contributed by atoms with Gasteiger partial charge in [-0.25, -0.2) is 4.39 Å². The van der Waals surface area contributed by atoms with E-state index in [1.54, 1.807) is 18.2 Å². The molecule has 0 radical (unpaired) electrons. The van der Waals surface area contributed by atoms with E-state index in [9.17, 15) is 14.6 Å². The number of piperidine rings is 1. The standard InChI is InChI=1S/C21H26FNO3/c1-2-26-17-9-7-16(8-10-17)20(24)15-23-13-11-21(25,12-14-23)18-5-3-4-6-19(18)22/h3-10,20,24-25H,2,11-15H2,1H3/t20-/m1/s1. The van der Waals surface area contributed by atoms with Crippen LogP contribution >= 0.6 is 0 Å². The van der Waals surface area contributed by atoms with E-state index in [0.717, 1.165) is 11.3 Å². The maximum atomic E-state index is 14.0. The van der Waals surface area contributed by atoms with Gasteiger partial charge in [-0.2, -0.15) is 0 Å². The molecular weight excluding hydrogens is 333 g/mol. The minimum absolute atomic E-state index is 0.363. The SMILES string of the molecule is CCOc1ccc([C@H](O)CN2CCC(O)(c3ccccc3F)CC2)cc1. The van der Waals surface area contributed by atoms with E-state index in [0.29, 0.717) is 44.6 Å². The van der Waals surface area contributed by atoms with Crippen molar-refractivity contribution in [3.05, 3.63) is 65.5 Å². The quantitative estimate of drug-likeness (QED) is 0.831. The number of ether oxygens (including phenoxy) is 1. The van der Waals surface area contributed by atoms with Crippen LogP contribution in [0.2, 0.25) is 0 Å². The predicted octanol–water partition coefficient (Wildman–Crippen LogP) is 3.24. The number of halogens is 1. The highest BCUT2D eigenvalue weighted by Gasteiger charge is 2.36. The van der Waals surface area contributed by atoms with Crippen molar-refractivity contribution in [1.82, 2.24) is 4.90 Å². The van der Waals surface area contributed by atoms with Gasteiger partial charge < -0.3 is 19.8 Å². The lowest BCUT2D eigenvalue weighted by Gasteiger charge is -2.39. The summed E-state index contributed by atoms with van der Waals surface area (Å²) in [4.78, 5) is 2.11. The Labute approximate surface area is 153 Å². The lowest BCUT2D eigenvalue weighted by atomic mass is 9.84. The lowest BCUT2D eigenvalue weighted by Crippen LogP contribution is -2.44. The van der Waals surface area contributed by atoms with Crippen LogP contribution in [-0.4, -0.2) is 41.4 Å². The van der Waals surface area contributed by atoms with Crippen LogP contribution < -0.4 is 4.74 Å². The highest BCUT2D eigenvalue weighted by atomic mass is 19.1. The molecule has 0 aliphatic carbocycles. The lowest BCUT2D eigenvalue weighted by molar-refractivity contribution is -0.0367. The number of benzene rings is 2. The van der Waals surface area contributed by atoms with Gasteiger partial charge in [0.1, 0.15) is 11.6 Å². The van der Waals surface area contributed by atoms with Crippen LogP contribution in [0.4, 0.5) is 4.39 Å². The zero-order valence-electron chi connectivity index (χ0n) is 15.1. The van der Waals surface area contributed by atoms with Gasteiger partial charge in [0.25, 0.3) is 0 Å². The molecule has 2 N–H and O–H groups in total. The van der Waals surface area contributed by atoms with E-state index in [1.165, 1.54) is 6.07 Å². The first-order chi connectivity index (χ1) is 12.5. The first-order valence-corrected chi connectivity index (χ1v) is 9.12. The molecule has 5 heteroatoms. The van der Waals surface area contributed by atoms with Crippen molar-refractivity contribution in [1.29, 1.82) is 0 Å². The van der Waals surface area contributed by atoms with Gasteiger partial charge in [0.2, 0.25) is 0 Å². The highest BCUT2D eigenvalue weighted by molar-refractivity contribution is 5.29. The molecule has 26 heavy (non-hydrogen) atoms. The molecule has 0 saturated carbocycles. The fraction of sp³-hybridized carbons (Fsp3) is 0.429. The zero-order chi connectivity index (χ0) is 18.6. The third-order valence-corrected chi connectivity index (χ3v) is 5.07. The van der Waals surface area contributed by atoms with Gasteiger partial charge in [-0.1, -0.05) is 30.3 Å². The average molecular weight is 359 g/mol. The molecule has 2 aromatic carbocycles. The summed E-state index contributed by atoms with van der Waals surface area (Å²) in [6, 6.07) is 13.9. The van der Waals surface area contributed by atoms with E-state index in [2.05, 4.69) is 4.90 Å². The van der Waals surface area contributed by atoms with E-state index in [1.807, 2.05) is 31.2 Å². The van der Waals surface area contributed by atoms with E-state index in [4.69, 9.17) is 4.74 Å². The van der Waals surface area contributed by atoms with Crippen LogP contribution in [0, 0.1) is 5.82 Å². The monoisotopic (exact) mass is 359 g/mol. The summed E-state index contributed by atoms with van der Waals surface area (Å²) in [5.74, 6) is 0.425. The van der Waals surface area contributed by atoms with Crippen LogP contribution in [0.3, 0.4) is 0 Å². The Bertz CT molecular complexity index is 711. The van der Waals surface area contributed by atoms with Gasteiger partial charge in [-0.3, -0.25) is 0 Å². The molecule has 0 bridgehead atoms. The molecule has 2 aromatic rings. The average Bonchev–Trinajstić information content (AvgIpc) is 2.65. The number of hydrogen-bond donors (Lipinski definition) is 2. The molecule has 140 valence electrons. The van der Waals surface area contributed by atoms with Gasteiger partial charge in [0, 0.05) is 25.2 Å². The molecule has 1 aliphatic rings. The van der Waals surface area contributed by atoms with E-state index in [-0.39, 0.29) is 5.82 Å². The van der Waals surface area contributed by atoms with Crippen molar-refractivity contribution in [2.75, 3.05) is 26.2 Å². The number of likely N-dealkylation sites (tertiary alicyclic amines) is 1. The van der Waals surface area contributed by atoms with E-state index < -0.39 is 11.7 Å². The van der Waals surface area contributed by atoms with Crippen LogP contribution in [0.5, 0.6) is 5.75 Å². The topological polar surface area (TPSA) is 52.9 Å². The summed E-state index contributed by atoms with van der Waals surface area (Å²) in [5, 5.41) is 21.3. The summed E-state index contributed by atoms with van der Waals surface area (Å²) in [5.41, 5.74) is 0.0708. The predicted molar refractivity (Wildman–Crippen MR) is 98.5 cm³/mol. The first-order valence-electron chi connectivity index (χ1n) is 9.12. The molecule has 3 rings (SSSR count). The second kappa shape index (κ2) is 8.16. The second-order valence-electron chi connectivity index (χ2n) is 6.83. The Balaban J connectivity index is 1.57. The molecule has 0 aromatic heterocycles. The zero-order valence-corrected chi connectivity index (χ0v) is 15.1. The van der Waals surface area contributed by atoms with Gasteiger partial charge in [-0.15, -0.1) is 0 Å². The Kier molecular flexibility index (Phi) is 5.91. The number of aliphatic hydroxyl groups excluding tert-OH is 1. The first kappa shape index (κ1) is 18.8. The molecule has 0 unspecified atom stereocenters. The summed E-state index contributed by atoms with van der Waals surface area (Å²) < 4.78 is 19.4. The van der Waals surface area contributed by atoms with E-state index >= 15 is 0 Å². The van der Waals surface area contributed by atoms with Crippen molar-refractivity contribution in [3.63, 3.8) is 0 Å². The third-order valence-electron chi connectivity index (χ3n) is 5.07. The van der Waals surface area contributed by atoms with Crippen molar-refractivity contribution in [2.24, 2.45) is 0 Å². The van der Waals surface area contributed by atoms with Crippen molar-refractivity contribution >= 4 is 0 Å². The molecular formula is C21H26FNO3. The number of β-amino-alcohol motifs (C(OH)–C–C–N with tert-alkyl or cyclic N) is 1. The summed E-state index contributed by atoms with van der Waals surface area (Å²) in [6.45, 7) is 4.25. The Hall–Kier alpha value is -1.95. The smallest absolute Gasteiger partial charge is 0.129 e. The summed E-state index contributed by atoms with van der Waals surface area (Å²) >= 11 is 0. The van der Waals surface area contributed by atoms with Gasteiger partial charge in [-0.05, 0) is 43.5 Å². The molecule has 1 saturated heterocycles. The Morgan fingerprint density at radius 1 is 1.12 bits per heavy atom. The fourth-order valence-corrected chi connectivity index (χ4v) is 3.52.